The van der Waals surface area contributed by atoms with Gasteiger partial charge in [0.05, 0.1) is 10.4 Å². The van der Waals surface area contributed by atoms with Gasteiger partial charge in [-0.3, -0.25) is 9.78 Å². The molecule has 0 amide bonds. The molecule has 1 aromatic heterocycles. The molecule has 0 aliphatic carbocycles. The lowest BCUT2D eigenvalue weighted by Crippen LogP contribution is -2.40. The van der Waals surface area contributed by atoms with Crippen LogP contribution in [0.3, 0.4) is 0 Å². The molecule has 2 aromatic rings. The van der Waals surface area contributed by atoms with E-state index < -0.39 is 22.0 Å². The van der Waals surface area contributed by atoms with E-state index in [2.05, 4.69) is 9.71 Å². The number of carboxylic acids is 1. The van der Waals surface area contributed by atoms with Gasteiger partial charge in [0.25, 0.3) is 0 Å². The largest absolute Gasteiger partial charge is 0.480 e. The molecular formula is C13H14N2O4S. The van der Waals surface area contributed by atoms with Crippen LogP contribution in [0.5, 0.6) is 0 Å². The van der Waals surface area contributed by atoms with Crippen molar-refractivity contribution in [2.45, 2.75) is 24.3 Å². The quantitative estimate of drug-likeness (QED) is 0.868. The number of rotatable bonds is 5. The highest BCUT2D eigenvalue weighted by Gasteiger charge is 2.25. The summed E-state index contributed by atoms with van der Waals surface area (Å²) in [6.07, 6.45) is 1.73. The lowest BCUT2D eigenvalue weighted by Gasteiger charge is -2.14. The minimum atomic E-state index is -3.91. The van der Waals surface area contributed by atoms with Gasteiger partial charge in [-0.25, -0.2) is 8.42 Å². The van der Waals surface area contributed by atoms with Crippen LogP contribution < -0.4 is 4.72 Å². The minimum absolute atomic E-state index is 0.0304. The molecule has 2 rings (SSSR count). The van der Waals surface area contributed by atoms with Crippen molar-refractivity contribution < 1.29 is 18.3 Å². The van der Waals surface area contributed by atoms with Gasteiger partial charge in [0.1, 0.15) is 6.04 Å². The summed E-state index contributed by atoms with van der Waals surface area (Å²) in [7, 11) is -3.91. The lowest BCUT2D eigenvalue weighted by molar-refractivity contribution is -0.139. The third-order valence-corrected chi connectivity index (χ3v) is 4.43. The molecule has 6 nitrogen and oxygen atoms in total. The summed E-state index contributed by atoms with van der Waals surface area (Å²) in [6, 6.07) is 6.83. The SMILES string of the molecule is CCC(NS(=O)(=O)c1cccc2ncccc12)C(=O)O. The first-order valence-electron chi connectivity index (χ1n) is 6.04. The fourth-order valence-electron chi connectivity index (χ4n) is 1.87. The van der Waals surface area contributed by atoms with Crippen LogP contribution in [0.25, 0.3) is 10.9 Å². The van der Waals surface area contributed by atoms with Crippen LogP contribution in [0.1, 0.15) is 13.3 Å². The summed E-state index contributed by atoms with van der Waals surface area (Å²) < 4.78 is 26.8. The molecule has 0 saturated heterocycles. The number of fused-ring (bicyclic) bond motifs is 1. The Labute approximate surface area is 116 Å². The monoisotopic (exact) mass is 294 g/mol. The van der Waals surface area contributed by atoms with Gasteiger partial charge in [0.2, 0.25) is 10.0 Å². The molecule has 1 aromatic carbocycles. The van der Waals surface area contributed by atoms with E-state index in [4.69, 9.17) is 5.11 Å². The highest BCUT2D eigenvalue weighted by Crippen LogP contribution is 2.21. The summed E-state index contributed by atoms with van der Waals surface area (Å²) >= 11 is 0. The van der Waals surface area contributed by atoms with Gasteiger partial charge >= 0.3 is 5.97 Å². The van der Waals surface area contributed by atoms with Crippen LogP contribution in [0.15, 0.2) is 41.4 Å². The fourth-order valence-corrected chi connectivity index (χ4v) is 3.36. The zero-order valence-electron chi connectivity index (χ0n) is 10.8. The molecule has 0 aliphatic heterocycles. The zero-order valence-corrected chi connectivity index (χ0v) is 11.6. The number of hydrogen-bond acceptors (Lipinski definition) is 4. The van der Waals surface area contributed by atoms with E-state index in [1.807, 2.05) is 0 Å². The molecule has 0 saturated carbocycles. The number of carbonyl (C=O) groups is 1. The number of benzene rings is 1. The molecular weight excluding hydrogens is 280 g/mol. The molecule has 0 aliphatic rings. The molecule has 20 heavy (non-hydrogen) atoms. The Kier molecular flexibility index (Phi) is 4.01. The Balaban J connectivity index is 2.50. The van der Waals surface area contributed by atoms with Crippen LogP contribution in [0.2, 0.25) is 0 Å². The van der Waals surface area contributed by atoms with Gasteiger partial charge < -0.3 is 5.11 Å². The molecule has 0 radical (unpaired) electrons. The minimum Gasteiger partial charge on any atom is -0.480 e. The summed E-state index contributed by atoms with van der Waals surface area (Å²) in [6.45, 7) is 1.60. The predicted octanol–water partition coefficient (Wildman–Crippen LogP) is 1.38. The van der Waals surface area contributed by atoms with Crippen molar-refractivity contribution in [3.05, 3.63) is 36.5 Å². The Morgan fingerprint density at radius 2 is 2.10 bits per heavy atom. The van der Waals surface area contributed by atoms with Gasteiger partial charge in [-0.05, 0) is 30.7 Å². The van der Waals surface area contributed by atoms with E-state index in [9.17, 15) is 13.2 Å². The second-order valence-electron chi connectivity index (χ2n) is 4.25. The number of sulfonamides is 1. The Morgan fingerprint density at radius 3 is 2.75 bits per heavy atom. The van der Waals surface area contributed by atoms with Crippen molar-refractivity contribution in [2.75, 3.05) is 0 Å². The van der Waals surface area contributed by atoms with Gasteiger partial charge in [-0.2, -0.15) is 4.72 Å². The fraction of sp³-hybridized carbons (Fsp3) is 0.231. The van der Waals surface area contributed by atoms with E-state index >= 15 is 0 Å². The van der Waals surface area contributed by atoms with Crippen LogP contribution in [0, 0.1) is 0 Å². The topological polar surface area (TPSA) is 96.4 Å². The molecule has 1 unspecified atom stereocenters. The molecule has 1 heterocycles. The van der Waals surface area contributed by atoms with Gasteiger partial charge in [-0.1, -0.05) is 13.0 Å². The summed E-state index contributed by atoms with van der Waals surface area (Å²) in [5.41, 5.74) is 0.541. The average Bonchev–Trinajstić information content (AvgIpc) is 2.43. The molecule has 0 spiro atoms. The maximum absolute atomic E-state index is 12.3. The van der Waals surface area contributed by atoms with E-state index in [1.54, 1.807) is 37.4 Å². The summed E-state index contributed by atoms with van der Waals surface area (Å²) in [4.78, 5) is 15.1. The summed E-state index contributed by atoms with van der Waals surface area (Å²) in [5, 5.41) is 9.42. The van der Waals surface area contributed by atoms with Crippen molar-refractivity contribution in [3.8, 4) is 0 Å². The second kappa shape index (κ2) is 5.56. The highest BCUT2D eigenvalue weighted by atomic mass is 32.2. The predicted molar refractivity (Wildman–Crippen MR) is 73.8 cm³/mol. The van der Waals surface area contributed by atoms with E-state index in [-0.39, 0.29) is 11.3 Å². The molecule has 2 N–H and O–H groups in total. The maximum Gasteiger partial charge on any atom is 0.321 e. The zero-order chi connectivity index (χ0) is 14.8. The van der Waals surface area contributed by atoms with Gasteiger partial charge in [0.15, 0.2) is 0 Å². The van der Waals surface area contributed by atoms with Crippen molar-refractivity contribution in [2.24, 2.45) is 0 Å². The second-order valence-corrected chi connectivity index (χ2v) is 5.93. The van der Waals surface area contributed by atoms with E-state index in [0.29, 0.717) is 10.9 Å². The van der Waals surface area contributed by atoms with Gasteiger partial charge in [0, 0.05) is 11.6 Å². The molecule has 0 bridgehead atoms. The van der Waals surface area contributed by atoms with Crippen molar-refractivity contribution in [1.82, 2.24) is 9.71 Å². The number of nitrogens with zero attached hydrogens (tertiary/aromatic N) is 1. The summed E-state index contributed by atoms with van der Waals surface area (Å²) in [5.74, 6) is -1.20. The Bertz CT molecular complexity index is 738. The van der Waals surface area contributed by atoms with E-state index in [1.165, 1.54) is 6.07 Å². The van der Waals surface area contributed by atoms with Crippen LogP contribution in [-0.2, 0) is 14.8 Å². The molecule has 7 heteroatoms. The number of pyridine rings is 1. The third kappa shape index (κ3) is 2.78. The number of hydrogen-bond donors (Lipinski definition) is 2. The first-order valence-corrected chi connectivity index (χ1v) is 7.53. The van der Waals surface area contributed by atoms with Crippen molar-refractivity contribution in [1.29, 1.82) is 0 Å². The first-order chi connectivity index (χ1) is 9.45. The number of nitrogens with one attached hydrogen (secondary N) is 1. The molecule has 106 valence electrons. The van der Waals surface area contributed by atoms with Crippen molar-refractivity contribution >= 4 is 26.9 Å². The first kappa shape index (κ1) is 14.4. The number of aromatic nitrogens is 1. The molecule has 0 fully saturated rings. The van der Waals surface area contributed by atoms with Crippen LogP contribution in [-0.4, -0.2) is 30.5 Å². The number of aliphatic carboxylic acids is 1. The van der Waals surface area contributed by atoms with Crippen LogP contribution >= 0.6 is 0 Å². The lowest BCUT2D eigenvalue weighted by atomic mass is 10.2. The van der Waals surface area contributed by atoms with Crippen molar-refractivity contribution in [3.63, 3.8) is 0 Å². The Morgan fingerprint density at radius 1 is 1.35 bits per heavy atom. The van der Waals surface area contributed by atoms with Gasteiger partial charge in [-0.15, -0.1) is 0 Å². The molecule has 1 atom stereocenters. The standard InChI is InChI=1S/C13H14N2O4S/c1-2-10(13(16)17)15-20(18,19)12-7-3-6-11-9(12)5-4-8-14-11/h3-8,10,15H,2H2,1H3,(H,16,17). The third-order valence-electron chi connectivity index (χ3n) is 2.90. The maximum atomic E-state index is 12.3. The van der Waals surface area contributed by atoms with E-state index in [0.717, 1.165) is 0 Å². The van der Waals surface area contributed by atoms with Crippen LogP contribution in [0.4, 0.5) is 0 Å². The highest BCUT2D eigenvalue weighted by molar-refractivity contribution is 7.89. The average molecular weight is 294 g/mol. The Hall–Kier alpha value is -1.99. The normalized spacial score (nSPS) is 13.2. The smallest absolute Gasteiger partial charge is 0.321 e. The number of carboxylic acid groups (broad SMARTS) is 1.